The van der Waals surface area contributed by atoms with Gasteiger partial charge >= 0.3 is 5.97 Å². The molecule has 3 aromatic carbocycles. The number of para-hydroxylation sites is 1. The molecule has 0 aliphatic carbocycles. The van der Waals surface area contributed by atoms with Crippen molar-refractivity contribution in [3.8, 4) is 16.9 Å². The van der Waals surface area contributed by atoms with E-state index in [0.717, 1.165) is 5.56 Å². The van der Waals surface area contributed by atoms with Crippen LogP contribution >= 0.6 is 0 Å². The first-order valence-corrected chi connectivity index (χ1v) is 10.3. The smallest absolute Gasteiger partial charge is 0.339 e. The van der Waals surface area contributed by atoms with Crippen molar-refractivity contribution in [1.82, 2.24) is 0 Å². The first-order valence-electron chi connectivity index (χ1n) is 10.3. The van der Waals surface area contributed by atoms with Crippen LogP contribution in [0.2, 0.25) is 0 Å². The molecule has 0 atom stereocenters. The summed E-state index contributed by atoms with van der Waals surface area (Å²) in [7, 11) is 4.22. The lowest BCUT2D eigenvalue weighted by Gasteiger charge is -2.23. The molecule has 0 aliphatic heterocycles. The highest BCUT2D eigenvalue weighted by atomic mass is 16.5. The van der Waals surface area contributed by atoms with Gasteiger partial charge in [0.05, 0.1) is 48.1 Å². The maximum Gasteiger partial charge on any atom is 0.339 e. The van der Waals surface area contributed by atoms with E-state index in [-0.39, 0.29) is 22.6 Å². The first-order chi connectivity index (χ1) is 16.2. The van der Waals surface area contributed by atoms with Gasteiger partial charge in [-0.1, -0.05) is 23.8 Å². The highest BCUT2D eigenvalue weighted by Crippen LogP contribution is 2.42. The Bertz CT molecular complexity index is 1270. The number of anilines is 4. The predicted molar refractivity (Wildman–Crippen MR) is 132 cm³/mol. The molecule has 9 heteroatoms. The standard InChI is InChI=1S/C25H26N4O5/c1-14-8-11-20(18(12-14)25(32)34-4)29(2)24(31)17-10-9-16(23(33-3)22(17)28-13-30)15-6-5-7-19(26)21(15)27/h5-13H,26-27H2,1-4H3,(H,28,30). The lowest BCUT2D eigenvalue weighted by Crippen LogP contribution is -2.29. The maximum absolute atomic E-state index is 13.5. The van der Waals surface area contributed by atoms with Crippen LogP contribution in [-0.2, 0) is 9.53 Å². The quantitative estimate of drug-likeness (QED) is 0.278. The van der Waals surface area contributed by atoms with Crippen LogP contribution in [0.15, 0.2) is 48.5 Å². The van der Waals surface area contributed by atoms with E-state index in [9.17, 15) is 14.4 Å². The number of nitrogens with zero attached hydrogens (tertiary/aromatic N) is 1. The normalized spacial score (nSPS) is 10.4. The van der Waals surface area contributed by atoms with Crippen LogP contribution in [0, 0.1) is 6.92 Å². The van der Waals surface area contributed by atoms with E-state index >= 15 is 0 Å². The van der Waals surface area contributed by atoms with Crippen molar-refractivity contribution in [2.24, 2.45) is 0 Å². The molecule has 0 radical (unpaired) electrons. The van der Waals surface area contributed by atoms with Gasteiger partial charge in [0.1, 0.15) is 0 Å². The molecule has 3 rings (SSSR count). The fourth-order valence-corrected chi connectivity index (χ4v) is 3.71. The van der Waals surface area contributed by atoms with Crippen molar-refractivity contribution in [2.45, 2.75) is 6.92 Å². The second kappa shape index (κ2) is 9.95. The van der Waals surface area contributed by atoms with E-state index in [0.29, 0.717) is 34.6 Å². The number of nitrogen functional groups attached to an aromatic ring is 2. The molecule has 5 N–H and O–H groups in total. The Hall–Kier alpha value is -4.53. The second-order valence-electron chi connectivity index (χ2n) is 7.52. The largest absolute Gasteiger partial charge is 0.494 e. The summed E-state index contributed by atoms with van der Waals surface area (Å²) in [5, 5.41) is 2.57. The third kappa shape index (κ3) is 4.36. The average Bonchev–Trinajstić information content (AvgIpc) is 2.84. The highest BCUT2D eigenvalue weighted by Gasteiger charge is 2.26. The molecular weight excluding hydrogens is 436 g/mol. The van der Waals surface area contributed by atoms with Crippen LogP contribution in [0.5, 0.6) is 5.75 Å². The molecule has 2 amide bonds. The van der Waals surface area contributed by atoms with Crippen molar-refractivity contribution in [1.29, 1.82) is 0 Å². The fourth-order valence-electron chi connectivity index (χ4n) is 3.71. The van der Waals surface area contributed by atoms with Gasteiger partial charge < -0.3 is 31.2 Å². The molecule has 0 saturated heterocycles. The van der Waals surface area contributed by atoms with Gasteiger partial charge in [-0.25, -0.2) is 4.79 Å². The third-order valence-electron chi connectivity index (χ3n) is 5.45. The second-order valence-corrected chi connectivity index (χ2v) is 7.52. The maximum atomic E-state index is 13.5. The van der Waals surface area contributed by atoms with E-state index in [1.165, 1.54) is 26.2 Å². The van der Waals surface area contributed by atoms with Gasteiger partial charge in [-0.3, -0.25) is 9.59 Å². The summed E-state index contributed by atoms with van der Waals surface area (Å²) in [6.07, 6.45) is 0.451. The Labute approximate surface area is 197 Å². The zero-order chi connectivity index (χ0) is 25.0. The number of carbonyl (C=O) groups excluding carboxylic acids is 3. The molecule has 3 aromatic rings. The molecule has 9 nitrogen and oxygen atoms in total. The molecule has 0 spiro atoms. The van der Waals surface area contributed by atoms with Gasteiger partial charge in [-0.15, -0.1) is 0 Å². The lowest BCUT2D eigenvalue weighted by atomic mass is 9.97. The number of amides is 2. The monoisotopic (exact) mass is 462 g/mol. The minimum Gasteiger partial charge on any atom is -0.494 e. The molecule has 0 unspecified atom stereocenters. The fraction of sp³-hybridized carbons (Fsp3) is 0.160. The average molecular weight is 463 g/mol. The third-order valence-corrected chi connectivity index (χ3v) is 5.45. The van der Waals surface area contributed by atoms with Gasteiger partial charge in [0.2, 0.25) is 6.41 Å². The number of esters is 1. The van der Waals surface area contributed by atoms with Crippen LogP contribution in [-0.4, -0.2) is 39.6 Å². The van der Waals surface area contributed by atoms with Crippen LogP contribution < -0.4 is 26.4 Å². The number of hydrogen-bond donors (Lipinski definition) is 3. The van der Waals surface area contributed by atoms with Gasteiger partial charge in [0, 0.05) is 18.2 Å². The Morgan fingerprint density at radius 1 is 1.00 bits per heavy atom. The van der Waals surface area contributed by atoms with E-state index in [2.05, 4.69) is 5.32 Å². The molecule has 0 aliphatic rings. The summed E-state index contributed by atoms with van der Waals surface area (Å²) in [5.41, 5.74) is 15.7. The topological polar surface area (TPSA) is 137 Å². The van der Waals surface area contributed by atoms with E-state index in [1.807, 2.05) is 6.92 Å². The van der Waals surface area contributed by atoms with Crippen LogP contribution in [0.1, 0.15) is 26.3 Å². The Kier molecular flexibility index (Phi) is 7.06. The Morgan fingerprint density at radius 3 is 2.38 bits per heavy atom. The van der Waals surface area contributed by atoms with Crippen LogP contribution in [0.4, 0.5) is 22.7 Å². The SMILES string of the molecule is COC(=O)c1cc(C)ccc1N(C)C(=O)c1ccc(-c2cccc(N)c2N)c(OC)c1NC=O. The minimum atomic E-state index is -0.574. The summed E-state index contributed by atoms with van der Waals surface area (Å²) in [4.78, 5) is 38.6. The molecule has 0 heterocycles. The Morgan fingerprint density at radius 2 is 1.74 bits per heavy atom. The van der Waals surface area contributed by atoms with Crippen molar-refractivity contribution >= 4 is 41.0 Å². The molecule has 0 aromatic heterocycles. The molecule has 0 saturated carbocycles. The zero-order valence-corrected chi connectivity index (χ0v) is 19.3. The highest BCUT2D eigenvalue weighted by molar-refractivity contribution is 6.14. The molecule has 176 valence electrons. The van der Waals surface area contributed by atoms with Crippen molar-refractivity contribution in [3.05, 3.63) is 65.2 Å². The van der Waals surface area contributed by atoms with Crippen molar-refractivity contribution in [3.63, 3.8) is 0 Å². The number of nitrogens with two attached hydrogens (primary N) is 2. The lowest BCUT2D eigenvalue weighted by molar-refractivity contribution is -0.105. The molecule has 0 fully saturated rings. The first kappa shape index (κ1) is 24.1. The van der Waals surface area contributed by atoms with E-state index < -0.39 is 11.9 Å². The van der Waals surface area contributed by atoms with Crippen LogP contribution in [0.25, 0.3) is 11.1 Å². The summed E-state index contributed by atoms with van der Waals surface area (Å²) >= 11 is 0. The van der Waals surface area contributed by atoms with Gasteiger partial charge in [0.25, 0.3) is 5.91 Å². The van der Waals surface area contributed by atoms with Crippen molar-refractivity contribution < 1.29 is 23.9 Å². The summed E-state index contributed by atoms with van der Waals surface area (Å²) in [6, 6.07) is 13.5. The molecule has 0 bridgehead atoms. The van der Waals surface area contributed by atoms with Gasteiger partial charge in [0.15, 0.2) is 5.75 Å². The summed E-state index contributed by atoms with van der Waals surface area (Å²) in [5.74, 6) is -0.820. The minimum absolute atomic E-state index is 0.147. The Balaban J connectivity index is 2.17. The summed E-state index contributed by atoms with van der Waals surface area (Å²) in [6.45, 7) is 1.83. The van der Waals surface area contributed by atoms with E-state index in [4.69, 9.17) is 20.9 Å². The molecule has 34 heavy (non-hydrogen) atoms. The number of aryl methyl sites for hydroxylation is 1. The van der Waals surface area contributed by atoms with E-state index in [1.54, 1.807) is 48.5 Å². The van der Waals surface area contributed by atoms with Gasteiger partial charge in [-0.05, 0) is 37.3 Å². The van der Waals surface area contributed by atoms with Gasteiger partial charge in [-0.2, -0.15) is 0 Å². The molecular formula is C25H26N4O5. The number of nitrogens with one attached hydrogen (secondary N) is 1. The number of benzene rings is 3. The number of rotatable bonds is 7. The van der Waals surface area contributed by atoms with Crippen molar-refractivity contribution in [2.75, 3.05) is 43.0 Å². The zero-order valence-electron chi connectivity index (χ0n) is 19.3. The van der Waals surface area contributed by atoms with Crippen LogP contribution in [0.3, 0.4) is 0 Å². The number of methoxy groups -OCH3 is 2. The number of hydrogen-bond acceptors (Lipinski definition) is 7. The number of carbonyl (C=O) groups is 3. The predicted octanol–water partition coefficient (Wildman–Crippen LogP) is 3.47. The number of ether oxygens (including phenoxy) is 2. The summed E-state index contributed by atoms with van der Waals surface area (Å²) < 4.78 is 10.5.